The zero-order valence-electron chi connectivity index (χ0n) is 20.2. The van der Waals surface area contributed by atoms with Crippen LogP contribution in [0.3, 0.4) is 0 Å². The molecular weight excluding hydrogens is 479 g/mol. The van der Waals surface area contributed by atoms with Crippen LogP contribution in [0.1, 0.15) is 36.1 Å². The molecule has 0 spiro atoms. The van der Waals surface area contributed by atoms with Gasteiger partial charge in [-0.3, -0.25) is 0 Å². The summed E-state index contributed by atoms with van der Waals surface area (Å²) in [6.45, 7) is 8.26. The SMILES string of the molecule is Cc1cc(C(C)(C)c2cc(C)c(Oc3ccc(N)cc3)c(Cl)c2)cc(Cl)c1Oc1ccc(N)cc1. The van der Waals surface area contributed by atoms with E-state index in [9.17, 15) is 0 Å². The Bertz CT molecular complexity index is 1210. The van der Waals surface area contributed by atoms with E-state index in [-0.39, 0.29) is 5.41 Å². The summed E-state index contributed by atoms with van der Waals surface area (Å²) in [4.78, 5) is 0. The minimum atomic E-state index is -0.373. The Hall–Kier alpha value is -3.34. The fraction of sp³-hybridized carbons (Fsp3) is 0.172. The average molecular weight is 507 g/mol. The zero-order valence-corrected chi connectivity index (χ0v) is 21.7. The summed E-state index contributed by atoms with van der Waals surface area (Å²) in [6, 6.07) is 22.6. The van der Waals surface area contributed by atoms with Crippen LogP contribution >= 0.6 is 23.2 Å². The van der Waals surface area contributed by atoms with Crippen LogP contribution in [0, 0.1) is 13.8 Å². The molecule has 0 aliphatic heterocycles. The first kappa shape index (κ1) is 24.8. The van der Waals surface area contributed by atoms with Gasteiger partial charge in [-0.05, 0) is 96.8 Å². The van der Waals surface area contributed by atoms with E-state index < -0.39 is 0 Å². The third kappa shape index (κ3) is 5.34. The topological polar surface area (TPSA) is 70.5 Å². The number of benzene rings is 4. The number of rotatable bonds is 6. The molecule has 0 saturated heterocycles. The van der Waals surface area contributed by atoms with Gasteiger partial charge in [0, 0.05) is 16.8 Å². The minimum Gasteiger partial charge on any atom is -0.456 e. The molecule has 0 aromatic heterocycles. The van der Waals surface area contributed by atoms with Crippen LogP contribution in [-0.2, 0) is 5.41 Å². The number of ether oxygens (including phenoxy) is 2. The van der Waals surface area contributed by atoms with E-state index >= 15 is 0 Å². The van der Waals surface area contributed by atoms with Crippen molar-refractivity contribution in [3.63, 3.8) is 0 Å². The highest BCUT2D eigenvalue weighted by Gasteiger charge is 2.27. The standard InChI is InChI=1S/C29H28Cl2N2O2/c1-17-13-19(15-25(30)27(17)34-23-9-5-21(32)6-10-23)29(3,4)20-14-18(2)28(26(31)16-20)35-24-11-7-22(33)8-12-24/h5-16H,32-33H2,1-4H3. The highest BCUT2D eigenvalue weighted by Crippen LogP contribution is 2.43. The summed E-state index contributed by atoms with van der Waals surface area (Å²) < 4.78 is 12.1. The first-order chi connectivity index (χ1) is 16.5. The summed E-state index contributed by atoms with van der Waals surface area (Å²) in [6.07, 6.45) is 0. The number of anilines is 2. The van der Waals surface area contributed by atoms with Gasteiger partial charge < -0.3 is 20.9 Å². The lowest BCUT2D eigenvalue weighted by Crippen LogP contribution is -2.19. The molecule has 180 valence electrons. The van der Waals surface area contributed by atoms with Gasteiger partial charge in [0.25, 0.3) is 0 Å². The summed E-state index contributed by atoms with van der Waals surface area (Å²) >= 11 is 13.4. The maximum absolute atomic E-state index is 6.69. The lowest BCUT2D eigenvalue weighted by molar-refractivity contribution is 0.477. The Kier molecular flexibility index (Phi) is 6.88. The van der Waals surface area contributed by atoms with Gasteiger partial charge >= 0.3 is 0 Å². The normalized spacial score (nSPS) is 11.4. The van der Waals surface area contributed by atoms with E-state index in [1.54, 1.807) is 24.3 Å². The van der Waals surface area contributed by atoms with Crippen LogP contribution in [-0.4, -0.2) is 0 Å². The summed E-state index contributed by atoms with van der Waals surface area (Å²) in [7, 11) is 0. The molecule has 4 aromatic carbocycles. The van der Waals surface area contributed by atoms with Gasteiger partial charge in [0.1, 0.15) is 23.0 Å². The molecule has 4 aromatic rings. The van der Waals surface area contributed by atoms with E-state index in [1.807, 2.05) is 50.2 Å². The Morgan fingerprint density at radius 2 is 0.943 bits per heavy atom. The van der Waals surface area contributed by atoms with Crippen molar-refractivity contribution in [1.82, 2.24) is 0 Å². The first-order valence-electron chi connectivity index (χ1n) is 11.2. The van der Waals surface area contributed by atoms with E-state index in [2.05, 4.69) is 26.0 Å². The lowest BCUT2D eigenvalue weighted by atomic mass is 9.77. The lowest BCUT2D eigenvalue weighted by Gasteiger charge is -2.28. The molecule has 0 radical (unpaired) electrons. The molecule has 6 heteroatoms. The number of nitrogen functional groups attached to an aromatic ring is 2. The van der Waals surface area contributed by atoms with Crippen molar-refractivity contribution < 1.29 is 9.47 Å². The number of hydrogen-bond acceptors (Lipinski definition) is 4. The van der Waals surface area contributed by atoms with E-state index in [0.717, 1.165) is 22.3 Å². The largest absolute Gasteiger partial charge is 0.456 e. The predicted molar refractivity (Wildman–Crippen MR) is 146 cm³/mol. The van der Waals surface area contributed by atoms with Crippen molar-refractivity contribution in [2.45, 2.75) is 33.1 Å². The Morgan fingerprint density at radius 3 is 1.26 bits per heavy atom. The highest BCUT2D eigenvalue weighted by atomic mass is 35.5. The third-order valence-electron chi connectivity index (χ3n) is 6.10. The Balaban J connectivity index is 1.64. The predicted octanol–water partition coefficient (Wildman–Crippen LogP) is 8.69. The van der Waals surface area contributed by atoms with E-state index in [1.165, 1.54) is 0 Å². The second-order valence-electron chi connectivity index (χ2n) is 9.18. The van der Waals surface area contributed by atoms with Gasteiger partial charge in [-0.2, -0.15) is 0 Å². The second-order valence-corrected chi connectivity index (χ2v) is 9.99. The van der Waals surface area contributed by atoms with Crippen molar-refractivity contribution in [2.24, 2.45) is 0 Å². The van der Waals surface area contributed by atoms with Crippen LogP contribution in [0.5, 0.6) is 23.0 Å². The molecule has 35 heavy (non-hydrogen) atoms. The molecule has 0 aliphatic rings. The second kappa shape index (κ2) is 9.73. The van der Waals surface area contributed by atoms with Crippen LogP contribution in [0.4, 0.5) is 11.4 Å². The van der Waals surface area contributed by atoms with Crippen molar-refractivity contribution in [2.75, 3.05) is 11.5 Å². The molecule has 0 unspecified atom stereocenters. The molecule has 0 aliphatic carbocycles. The number of halogens is 2. The van der Waals surface area contributed by atoms with Crippen molar-refractivity contribution in [1.29, 1.82) is 0 Å². The van der Waals surface area contributed by atoms with Crippen LogP contribution in [0.2, 0.25) is 10.0 Å². The molecule has 0 heterocycles. The number of aryl methyl sites for hydroxylation is 2. The van der Waals surface area contributed by atoms with Gasteiger partial charge in [0.05, 0.1) is 10.0 Å². The van der Waals surface area contributed by atoms with Gasteiger partial charge in [-0.1, -0.05) is 49.2 Å². The maximum Gasteiger partial charge on any atom is 0.148 e. The molecule has 4 rings (SSSR count). The van der Waals surface area contributed by atoms with Crippen LogP contribution in [0.25, 0.3) is 0 Å². The molecule has 0 saturated carbocycles. The van der Waals surface area contributed by atoms with E-state index in [4.69, 9.17) is 44.1 Å². The fourth-order valence-corrected chi connectivity index (χ4v) is 4.53. The fourth-order valence-electron chi connectivity index (χ4n) is 3.92. The van der Waals surface area contributed by atoms with Gasteiger partial charge in [0.15, 0.2) is 0 Å². The third-order valence-corrected chi connectivity index (χ3v) is 6.66. The molecule has 0 bridgehead atoms. The van der Waals surface area contributed by atoms with Crippen LogP contribution < -0.4 is 20.9 Å². The summed E-state index contributed by atoms with van der Waals surface area (Å²) in [5.41, 5.74) is 16.5. The molecule has 0 amide bonds. The van der Waals surface area contributed by atoms with Gasteiger partial charge in [-0.15, -0.1) is 0 Å². The van der Waals surface area contributed by atoms with Crippen molar-refractivity contribution in [3.8, 4) is 23.0 Å². The molecule has 4 N–H and O–H groups in total. The van der Waals surface area contributed by atoms with Crippen molar-refractivity contribution in [3.05, 3.63) is 105 Å². The van der Waals surface area contributed by atoms with E-state index in [0.29, 0.717) is 44.4 Å². The zero-order chi connectivity index (χ0) is 25.3. The van der Waals surface area contributed by atoms with Crippen LogP contribution in [0.15, 0.2) is 72.8 Å². The first-order valence-corrected chi connectivity index (χ1v) is 12.0. The molecular formula is C29H28Cl2N2O2. The summed E-state index contributed by atoms with van der Waals surface area (Å²) in [5.74, 6) is 2.60. The average Bonchev–Trinajstić information content (AvgIpc) is 2.80. The monoisotopic (exact) mass is 506 g/mol. The highest BCUT2D eigenvalue weighted by molar-refractivity contribution is 6.32. The molecule has 4 nitrogen and oxygen atoms in total. The minimum absolute atomic E-state index is 0.373. The Morgan fingerprint density at radius 1 is 0.600 bits per heavy atom. The number of hydrogen-bond donors (Lipinski definition) is 2. The van der Waals surface area contributed by atoms with Gasteiger partial charge in [0.2, 0.25) is 0 Å². The summed E-state index contributed by atoms with van der Waals surface area (Å²) in [5, 5.41) is 1.08. The molecule has 0 atom stereocenters. The maximum atomic E-state index is 6.69. The Labute approximate surface area is 216 Å². The van der Waals surface area contributed by atoms with Crippen molar-refractivity contribution >= 4 is 34.6 Å². The quantitative estimate of drug-likeness (QED) is 0.256. The smallest absolute Gasteiger partial charge is 0.148 e. The molecule has 0 fully saturated rings. The van der Waals surface area contributed by atoms with Gasteiger partial charge in [-0.25, -0.2) is 0 Å². The number of nitrogens with two attached hydrogens (primary N) is 2.